The highest BCUT2D eigenvalue weighted by molar-refractivity contribution is 5.97. The lowest BCUT2D eigenvalue weighted by molar-refractivity contribution is -0.127. The summed E-state index contributed by atoms with van der Waals surface area (Å²) in [4.78, 5) is 25.1. The van der Waals surface area contributed by atoms with Crippen molar-refractivity contribution in [2.24, 2.45) is 5.92 Å². The van der Waals surface area contributed by atoms with Crippen molar-refractivity contribution in [2.75, 3.05) is 58.7 Å². The van der Waals surface area contributed by atoms with Gasteiger partial charge in [-0.15, -0.1) is 0 Å². The number of aliphatic hydroxyl groups is 2. The van der Waals surface area contributed by atoms with Crippen molar-refractivity contribution in [2.45, 2.75) is 38.6 Å². The summed E-state index contributed by atoms with van der Waals surface area (Å²) in [5, 5.41) is 37.3. The molecule has 0 bridgehead atoms. The lowest BCUT2D eigenvalue weighted by Crippen LogP contribution is -2.32. The molecule has 1 heterocycles. The van der Waals surface area contributed by atoms with E-state index in [4.69, 9.17) is 18.9 Å². The maximum Gasteiger partial charge on any atom is 0.342 e. The number of hydrogen-bond acceptors (Lipinski definition) is 11. The molecule has 11 heteroatoms. The molecular formula is C27H40N2O9. The summed E-state index contributed by atoms with van der Waals surface area (Å²) in [6.07, 6.45) is 2.18. The monoisotopic (exact) mass is 536 g/mol. The normalized spacial score (nSPS) is 24.2. The molecule has 5 N–H and O–H groups in total. The first kappa shape index (κ1) is 31.4. The number of methoxy groups -OCH3 is 1. The van der Waals surface area contributed by atoms with E-state index in [-0.39, 0.29) is 23.7 Å². The van der Waals surface area contributed by atoms with Gasteiger partial charge in [-0.25, -0.2) is 4.79 Å². The quantitative estimate of drug-likeness (QED) is 0.150. The number of phenols is 1. The minimum absolute atomic E-state index is 0.0212. The Kier molecular flexibility index (Phi) is 14.0. The number of carbonyl (C=O) groups excluding carboxylic acids is 2. The fourth-order valence-corrected chi connectivity index (χ4v) is 3.46. The predicted molar refractivity (Wildman–Crippen MR) is 142 cm³/mol. The lowest BCUT2D eigenvalue weighted by Gasteiger charge is -2.20. The number of rotatable bonds is 12. The number of aliphatic hydroxyl groups excluding tert-OH is 2. The van der Waals surface area contributed by atoms with Crippen LogP contribution in [0.4, 0.5) is 5.69 Å². The minimum Gasteiger partial charge on any atom is -0.507 e. The molecule has 1 aliphatic heterocycles. The number of nitrogens with one attached hydrogen (secondary N) is 2. The van der Waals surface area contributed by atoms with Gasteiger partial charge in [-0.2, -0.15) is 0 Å². The van der Waals surface area contributed by atoms with E-state index in [1.165, 1.54) is 30.4 Å². The standard InChI is InChI=1S/C27H40N2O9/c1-18-7-8-23(31)26(33)22(30)6-4-5-20-15-21(16-24(32)25(20)27(34)38-19(18)2)29-17-28-9-10-36-13-14-37-12-11-35-3/h4-5,7-8,15-16,18-19,22,26,28-30,32-33H,6,9-14,17H2,1-3H3/b5-4+,8-7+/t18-,19+,22+,26-/m1/s1. The van der Waals surface area contributed by atoms with Gasteiger partial charge in [0.1, 0.15) is 23.5 Å². The van der Waals surface area contributed by atoms with Gasteiger partial charge in [-0.05, 0) is 31.1 Å². The van der Waals surface area contributed by atoms with Gasteiger partial charge in [-0.3, -0.25) is 10.1 Å². The molecule has 1 aliphatic rings. The number of phenolic OH excluding ortho intramolecular Hbond substituents is 1. The van der Waals surface area contributed by atoms with Crippen LogP contribution < -0.4 is 10.6 Å². The average molecular weight is 537 g/mol. The van der Waals surface area contributed by atoms with E-state index < -0.39 is 30.1 Å². The molecule has 0 unspecified atom stereocenters. The van der Waals surface area contributed by atoms with Gasteiger partial charge in [0.05, 0.1) is 45.8 Å². The molecule has 212 valence electrons. The molecule has 4 atom stereocenters. The van der Waals surface area contributed by atoms with Crippen LogP contribution in [0.2, 0.25) is 0 Å². The van der Waals surface area contributed by atoms with Crippen LogP contribution in [0, 0.1) is 5.92 Å². The van der Waals surface area contributed by atoms with Crippen molar-refractivity contribution in [3.05, 3.63) is 41.5 Å². The second kappa shape index (κ2) is 16.9. The second-order valence-electron chi connectivity index (χ2n) is 8.91. The molecule has 0 saturated heterocycles. The molecule has 2 rings (SSSR count). The van der Waals surface area contributed by atoms with Crippen LogP contribution in [0.25, 0.3) is 6.08 Å². The Labute approximate surface area is 223 Å². The Morgan fingerprint density at radius 2 is 1.74 bits per heavy atom. The highest BCUT2D eigenvalue weighted by atomic mass is 16.5. The first-order chi connectivity index (χ1) is 18.2. The number of ether oxygens (including phenoxy) is 4. The van der Waals surface area contributed by atoms with Crippen LogP contribution in [0.1, 0.15) is 36.2 Å². The van der Waals surface area contributed by atoms with E-state index >= 15 is 0 Å². The fraction of sp³-hybridized carbons (Fsp3) is 0.556. The van der Waals surface area contributed by atoms with Crippen molar-refractivity contribution in [1.29, 1.82) is 0 Å². The highest BCUT2D eigenvalue weighted by Crippen LogP contribution is 2.29. The van der Waals surface area contributed by atoms with Crippen molar-refractivity contribution in [1.82, 2.24) is 5.32 Å². The summed E-state index contributed by atoms with van der Waals surface area (Å²) in [6.45, 7) is 6.90. The van der Waals surface area contributed by atoms with Gasteiger partial charge in [0.2, 0.25) is 0 Å². The zero-order valence-corrected chi connectivity index (χ0v) is 22.2. The van der Waals surface area contributed by atoms with Gasteiger partial charge in [0.15, 0.2) is 5.78 Å². The molecule has 0 aliphatic carbocycles. The topological polar surface area (TPSA) is 156 Å². The number of hydrogen-bond donors (Lipinski definition) is 5. The Hall–Kier alpha value is -2.80. The number of cyclic esters (lactones) is 1. The van der Waals surface area contributed by atoms with Crippen molar-refractivity contribution >= 4 is 23.5 Å². The fourth-order valence-electron chi connectivity index (χ4n) is 3.46. The maximum absolute atomic E-state index is 12.9. The smallest absolute Gasteiger partial charge is 0.342 e. The van der Waals surface area contributed by atoms with Gasteiger partial charge >= 0.3 is 5.97 Å². The van der Waals surface area contributed by atoms with Gasteiger partial charge in [0, 0.05) is 31.3 Å². The third-order valence-electron chi connectivity index (χ3n) is 5.93. The van der Waals surface area contributed by atoms with Crippen molar-refractivity contribution < 1.29 is 43.9 Å². The predicted octanol–water partition coefficient (Wildman–Crippen LogP) is 1.48. The molecule has 0 spiro atoms. The number of fused-ring (bicyclic) bond motifs is 1. The molecule has 0 saturated carbocycles. The first-order valence-electron chi connectivity index (χ1n) is 12.7. The lowest BCUT2D eigenvalue weighted by atomic mass is 9.99. The summed E-state index contributed by atoms with van der Waals surface area (Å²) in [7, 11) is 1.62. The minimum atomic E-state index is -1.58. The van der Waals surface area contributed by atoms with E-state index in [0.717, 1.165) is 0 Å². The van der Waals surface area contributed by atoms with Gasteiger partial charge in [0.25, 0.3) is 0 Å². The van der Waals surface area contributed by atoms with Crippen molar-refractivity contribution in [3.8, 4) is 5.75 Å². The first-order valence-corrected chi connectivity index (χ1v) is 12.7. The summed E-state index contributed by atoms with van der Waals surface area (Å²) >= 11 is 0. The van der Waals surface area contributed by atoms with E-state index in [0.29, 0.717) is 57.5 Å². The van der Waals surface area contributed by atoms with Crippen molar-refractivity contribution in [3.63, 3.8) is 0 Å². The van der Waals surface area contributed by atoms with E-state index in [1.54, 1.807) is 27.0 Å². The van der Waals surface area contributed by atoms with Gasteiger partial charge < -0.3 is 39.6 Å². The highest BCUT2D eigenvalue weighted by Gasteiger charge is 2.25. The number of esters is 1. The summed E-state index contributed by atoms with van der Waals surface area (Å²) in [5.74, 6) is -1.97. The molecule has 1 aromatic rings. The number of ketones is 1. The molecule has 0 amide bonds. The van der Waals surface area contributed by atoms with Crippen LogP contribution >= 0.6 is 0 Å². The molecule has 38 heavy (non-hydrogen) atoms. The van der Waals surface area contributed by atoms with Crippen LogP contribution in [0.5, 0.6) is 5.75 Å². The largest absolute Gasteiger partial charge is 0.507 e. The zero-order valence-electron chi connectivity index (χ0n) is 22.2. The van der Waals surface area contributed by atoms with Gasteiger partial charge in [-0.1, -0.05) is 25.2 Å². The maximum atomic E-state index is 12.9. The van der Waals surface area contributed by atoms with Crippen LogP contribution in [-0.4, -0.2) is 98.7 Å². The van der Waals surface area contributed by atoms with Crippen LogP contribution in [0.15, 0.2) is 30.4 Å². The average Bonchev–Trinajstić information content (AvgIpc) is 2.88. The number of carbonyl (C=O) groups is 2. The Bertz CT molecular complexity index is 951. The third-order valence-corrected chi connectivity index (χ3v) is 5.93. The van der Waals surface area contributed by atoms with Crippen LogP contribution in [-0.2, 0) is 23.7 Å². The summed E-state index contributed by atoms with van der Waals surface area (Å²) in [5.41, 5.74) is 0.877. The molecule has 11 nitrogen and oxygen atoms in total. The van der Waals surface area contributed by atoms with E-state index in [2.05, 4.69) is 10.6 Å². The molecule has 0 aromatic heterocycles. The van der Waals surface area contributed by atoms with E-state index in [1.807, 2.05) is 0 Å². The second-order valence-corrected chi connectivity index (χ2v) is 8.91. The van der Waals surface area contributed by atoms with Crippen LogP contribution in [0.3, 0.4) is 0 Å². The number of benzene rings is 1. The summed E-state index contributed by atoms with van der Waals surface area (Å²) < 4.78 is 21.2. The molecule has 0 fully saturated rings. The third kappa shape index (κ3) is 10.5. The molecule has 0 radical (unpaired) electrons. The molecular weight excluding hydrogens is 496 g/mol. The Balaban J connectivity index is 2.03. The summed E-state index contributed by atoms with van der Waals surface area (Å²) in [6, 6.07) is 3.09. The SMILES string of the molecule is COCCOCCOCCNCNc1cc(O)c2c(c1)/C=C/C[C@H](O)[C@@H](O)C(=O)/C=C/[C@@H](C)[C@H](C)OC2=O. The Morgan fingerprint density at radius 3 is 2.47 bits per heavy atom. The zero-order chi connectivity index (χ0) is 27.9. The Morgan fingerprint density at radius 1 is 1.03 bits per heavy atom. The number of aromatic hydroxyl groups is 1. The van der Waals surface area contributed by atoms with E-state index in [9.17, 15) is 24.9 Å². The number of anilines is 1. The molecule has 1 aromatic carbocycles.